The maximum atomic E-state index is 12.6. The summed E-state index contributed by atoms with van der Waals surface area (Å²) in [5.41, 5.74) is -0.371. The number of halogens is 4. The molecule has 0 aromatic carbocycles. The molecule has 114 valence electrons. The predicted molar refractivity (Wildman–Crippen MR) is 73.0 cm³/mol. The Morgan fingerprint density at radius 1 is 1.43 bits per heavy atom. The van der Waals surface area contributed by atoms with E-state index in [4.69, 9.17) is 11.6 Å². The lowest BCUT2D eigenvalue weighted by Gasteiger charge is -2.17. The summed E-state index contributed by atoms with van der Waals surface area (Å²) in [5.74, 6) is -0.241. The first-order valence-corrected chi connectivity index (χ1v) is 6.49. The molecule has 1 aromatic rings. The standard InChI is InChI=1S/C13H13ClF3N3O/c1-19(2)7-8-3-4-20(12(8)21)11-10(14)5-9(6-18-11)13(15,16)17/h5-7H,3-4H2,1-2H3. The summed E-state index contributed by atoms with van der Waals surface area (Å²) in [4.78, 5) is 18.9. The van der Waals surface area contributed by atoms with Crippen molar-refractivity contribution in [1.82, 2.24) is 9.88 Å². The first-order chi connectivity index (χ1) is 9.70. The van der Waals surface area contributed by atoms with Gasteiger partial charge < -0.3 is 4.90 Å². The Hall–Kier alpha value is -1.76. The summed E-state index contributed by atoms with van der Waals surface area (Å²) in [6.45, 7) is 0.344. The van der Waals surface area contributed by atoms with Crippen molar-refractivity contribution in [2.45, 2.75) is 12.6 Å². The Balaban J connectivity index is 2.30. The van der Waals surface area contributed by atoms with Gasteiger partial charge in [-0.3, -0.25) is 9.69 Å². The number of rotatable bonds is 2. The van der Waals surface area contributed by atoms with Gasteiger partial charge in [-0.1, -0.05) is 11.6 Å². The van der Waals surface area contributed by atoms with Crippen LogP contribution in [0.15, 0.2) is 24.0 Å². The lowest BCUT2D eigenvalue weighted by molar-refractivity contribution is -0.137. The van der Waals surface area contributed by atoms with Crippen LogP contribution in [0, 0.1) is 0 Å². The van der Waals surface area contributed by atoms with Crippen molar-refractivity contribution in [3.63, 3.8) is 0 Å². The predicted octanol–water partition coefficient (Wildman–Crippen LogP) is 2.94. The maximum Gasteiger partial charge on any atom is 0.417 e. The summed E-state index contributed by atoms with van der Waals surface area (Å²) in [7, 11) is 3.57. The molecule has 8 heteroatoms. The van der Waals surface area contributed by atoms with Crippen LogP contribution in [0.25, 0.3) is 0 Å². The minimum atomic E-state index is -4.51. The summed E-state index contributed by atoms with van der Waals surface area (Å²) < 4.78 is 37.7. The van der Waals surface area contributed by atoms with E-state index in [1.807, 2.05) is 0 Å². The van der Waals surface area contributed by atoms with E-state index in [0.29, 0.717) is 24.7 Å². The van der Waals surface area contributed by atoms with E-state index in [9.17, 15) is 18.0 Å². The number of amides is 1. The van der Waals surface area contributed by atoms with Crippen LogP contribution in [0.4, 0.5) is 19.0 Å². The normalized spacial score (nSPS) is 17.7. The van der Waals surface area contributed by atoms with E-state index >= 15 is 0 Å². The third-order valence-corrected chi connectivity index (χ3v) is 3.22. The molecule has 0 unspecified atom stereocenters. The number of alkyl halides is 3. The van der Waals surface area contributed by atoms with Crippen molar-refractivity contribution in [3.8, 4) is 0 Å². The third kappa shape index (κ3) is 3.29. The second kappa shape index (κ2) is 5.55. The SMILES string of the molecule is CN(C)C=C1CCN(c2ncc(C(F)(F)F)cc2Cl)C1=O. The van der Waals surface area contributed by atoms with E-state index < -0.39 is 11.7 Å². The Morgan fingerprint density at radius 3 is 2.62 bits per heavy atom. The van der Waals surface area contributed by atoms with E-state index in [0.717, 1.165) is 6.07 Å². The Kier molecular flexibility index (Phi) is 4.13. The number of hydrogen-bond donors (Lipinski definition) is 0. The highest BCUT2D eigenvalue weighted by atomic mass is 35.5. The number of aromatic nitrogens is 1. The summed E-state index contributed by atoms with van der Waals surface area (Å²) in [5, 5.41) is -0.190. The molecule has 0 radical (unpaired) electrons. The highest BCUT2D eigenvalue weighted by Gasteiger charge is 2.34. The minimum absolute atomic E-state index is 0.0526. The molecular weight excluding hydrogens is 307 g/mol. The Bertz CT molecular complexity index is 599. The van der Waals surface area contributed by atoms with Crippen molar-refractivity contribution in [2.24, 2.45) is 0 Å². The molecule has 0 saturated carbocycles. The first-order valence-electron chi connectivity index (χ1n) is 6.12. The number of nitrogens with zero attached hydrogens (tertiary/aromatic N) is 3. The van der Waals surface area contributed by atoms with Gasteiger partial charge in [0.15, 0.2) is 5.82 Å². The first kappa shape index (κ1) is 15.6. The average molecular weight is 320 g/mol. The number of carbonyl (C=O) groups is 1. The van der Waals surface area contributed by atoms with Crippen LogP contribution in [0.3, 0.4) is 0 Å². The van der Waals surface area contributed by atoms with Crippen molar-refractivity contribution >= 4 is 23.3 Å². The molecule has 1 aromatic heterocycles. The van der Waals surface area contributed by atoms with E-state index in [-0.39, 0.29) is 16.7 Å². The van der Waals surface area contributed by atoms with Gasteiger partial charge in [-0.25, -0.2) is 4.98 Å². The molecule has 0 N–H and O–H groups in total. The topological polar surface area (TPSA) is 36.4 Å². The molecule has 1 saturated heterocycles. The molecule has 1 aliphatic heterocycles. The van der Waals surface area contributed by atoms with Gasteiger partial charge in [0.2, 0.25) is 0 Å². The monoisotopic (exact) mass is 319 g/mol. The summed E-state index contributed by atoms with van der Waals surface area (Å²) in [6.07, 6.45) is -1.65. The number of pyridine rings is 1. The van der Waals surface area contributed by atoms with E-state index in [2.05, 4.69) is 4.98 Å². The van der Waals surface area contributed by atoms with E-state index in [1.54, 1.807) is 25.2 Å². The highest BCUT2D eigenvalue weighted by Crippen LogP contribution is 2.35. The molecule has 1 fully saturated rings. The second-order valence-corrected chi connectivity index (χ2v) is 5.26. The number of carbonyl (C=O) groups excluding carboxylic acids is 1. The Labute approximate surface area is 124 Å². The van der Waals surface area contributed by atoms with Crippen molar-refractivity contribution in [1.29, 1.82) is 0 Å². The third-order valence-electron chi connectivity index (χ3n) is 2.94. The van der Waals surface area contributed by atoms with Gasteiger partial charge in [0.25, 0.3) is 5.91 Å². The molecule has 2 heterocycles. The van der Waals surface area contributed by atoms with Gasteiger partial charge in [-0.15, -0.1) is 0 Å². The van der Waals surface area contributed by atoms with Crippen molar-refractivity contribution < 1.29 is 18.0 Å². The largest absolute Gasteiger partial charge is 0.417 e. The zero-order valence-corrected chi connectivity index (χ0v) is 12.2. The molecule has 0 bridgehead atoms. The fourth-order valence-corrected chi connectivity index (χ4v) is 2.30. The zero-order valence-electron chi connectivity index (χ0n) is 11.4. The van der Waals surface area contributed by atoms with Gasteiger partial charge in [0, 0.05) is 38.6 Å². The van der Waals surface area contributed by atoms with Gasteiger partial charge >= 0.3 is 6.18 Å². The lowest BCUT2D eigenvalue weighted by Crippen LogP contribution is -2.26. The van der Waals surface area contributed by atoms with Crippen LogP contribution in [-0.2, 0) is 11.0 Å². The molecule has 1 amide bonds. The molecule has 4 nitrogen and oxygen atoms in total. The van der Waals surface area contributed by atoms with Crippen LogP contribution < -0.4 is 4.90 Å². The molecule has 21 heavy (non-hydrogen) atoms. The number of anilines is 1. The summed E-state index contributed by atoms with van der Waals surface area (Å²) in [6, 6.07) is 0.783. The van der Waals surface area contributed by atoms with Gasteiger partial charge in [0.1, 0.15) is 0 Å². The molecule has 0 spiro atoms. The summed E-state index contributed by atoms with van der Waals surface area (Å²) >= 11 is 5.85. The van der Waals surface area contributed by atoms with Crippen molar-refractivity contribution in [3.05, 3.63) is 34.6 Å². The van der Waals surface area contributed by atoms with Gasteiger partial charge in [-0.05, 0) is 12.5 Å². The molecule has 0 atom stereocenters. The molecule has 0 aliphatic carbocycles. The number of hydrogen-bond acceptors (Lipinski definition) is 3. The zero-order chi connectivity index (χ0) is 15.8. The fourth-order valence-electron chi connectivity index (χ4n) is 2.03. The van der Waals surface area contributed by atoms with Gasteiger partial charge in [-0.2, -0.15) is 13.2 Å². The second-order valence-electron chi connectivity index (χ2n) is 4.85. The average Bonchev–Trinajstić information content (AvgIpc) is 2.69. The smallest absolute Gasteiger partial charge is 0.383 e. The molecule has 2 rings (SSSR count). The maximum absolute atomic E-state index is 12.6. The minimum Gasteiger partial charge on any atom is -0.383 e. The quantitative estimate of drug-likeness (QED) is 0.786. The lowest BCUT2D eigenvalue weighted by atomic mass is 10.2. The molecule has 1 aliphatic rings. The van der Waals surface area contributed by atoms with Crippen molar-refractivity contribution in [2.75, 3.05) is 25.5 Å². The van der Waals surface area contributed by atoms with Crippen LogP contribution >= 0.6 is 11.6 Å². The van der Waals surface area contributed by atoms with Gasteiger partial charge in [0.05, 0.1) is 10.6 Å². The van der Waals surface area contributed by atoms with Crippen LogP contribution in [-0.4, -0.2) is 36.4 Å². The van der Waals surface area contributed by atoms with Crippen LogP contribution in [0.5, 0.6) is 0 Å². The van der Waals surface area contributed by atoms with E-state index in [1.165, 1.54) is 4.90 Å². The molecular formula is C13H13ClF3N3O. The fraction of sp³-hybridized carbons (Fsp3) is 0.385. The highest BCUT2D eigenvalue weighted by molar-refractivity contribution is 6.33. The van der Waals surface area contributed by atoms with Crippen LogP contribution in [0.2, 0.25) is 5.02 Å². The van der Waals surface area contributed by atoms with Crippen LogP contribution in [0.1, 0.15) is 12.0 Å². The Morgan fingerprint density at radius 2 is 2.10 bits per heavy atom.